The van der Waals surface area contributed by atoms with Crippen molar-refractivity contribution >= 4 is 0 Å². The van der Waals surface area contributed by atoms with E-state index in [0.29, 0.717) is 10.8 Å². The van der Waals surface area contributed by atoms with Crippen molar-refractivity contribution in [2.45, 2.75) is 71.1 Å². The van der Waals surface area contributed by atoms with Crippen LogP contribution in [0.5, 0.6) is 0 Å². The first-order valence-electron chi connectivity index (χ1n) is 10.3. The predicted molar refractivity (Wildman–Crippen MR) is 90.3 cm³/mol. The molecule has 120 valence electrons. The largest absolute Gasteiger partial charge is 0.0990 e. The Hall–Kier alpha value is -0.260. The van der Waals surface area contributed by atoms with E-state index in [1.807, 2.05) is 0 Å². The molecule has 0 spiro atoms. The molecule has 0 N–H and O–H groups in total. The molecular weight excluding hydrogens is 264 g/mol. The fourth-order valence-corrected chi connectivity index (χ4v) is 9.75. The van der Waals surface area contributed by atoms with Crippen LogP contribution >= 0.6 is 0 Å². The molecule has 0 amide bonds. The predicted octanol–water partition coefficient (Wildman–Crippen LogP) is 5.83. The molecule has 0 heteroatoms. The monoisotopic (exact) mass is 296 g/mol. The first kappa shape index (κ1) is 13.1. The van der Waals surface area contributed by atoms with Gasteiger partial charge < -0.3 is 0 Å². The van der Waals surface area contributed by atoms with E-state index < -0.39 is 0 Å². The molecule has 8 saturated carbocycles. The minimum absolute atomic E-state index is 0.594. The zero-order valence-corrected chi connectivity index (χ0v) is 14.3. The van der Waals surface area contributed by atoms with Gasteiger partial charge in [-0.25, -0.2) is 0 Å². The average Bonchev–Trinajstić information content (AvgIpc) is 2.48. The van der Waals surface area contributed by atoms with Gasteiger partial charge in [0.15, 0.2) is 0 Å². The van der Waals surface area contributed by atoms with Crippen LogP contribution in [0.4, 0.5) is 0 Å². The van der Waals surface area contributed by atoms with Crippen molar-refractivity contribution in [2.75, 3.05) is 0 Å². The Balaban J connectivity index is 1.51. The minimum Gasteiger partial charge on any atom is -0.0990 e. The van der Waals surface area contributed by atoms with Crippen LogP contribution in [0.2, 0.25) is 0 Å². The fraction of sp³-hybridized carbons (Fsp3) is 0.909. The Morgan fingerprint density at radius 3 is 1.91 bits per heavy atom. The van der Waals surface area contributed by atoms with Gasteiger partial charge in [-0.05, 0) is 116 Å². The van der Waals surface area contributed by atoms with Crippen LogP contribution < -0.4 is 0 Å². The molecule has 8 fully saturated rings. The van der Waals surface area contributed by atoms with Gasteiger partial charge in [0.05, 0.1) is 0 Å². The van der Waals surface area contributed by atoms with E-state index in [1.165, 1.54) is 12.8 Å². The summed E-state index contributed by atoms with van der Waals surface area (Å²) in [5, 5.41) is 0. The zero-order chi connectivity index (χ0) is 14.7. The van der Waals surface area contributed by atoms with Crippen molar-refractivity contribution in [3.8, 4) is 0 Å². The standard InChI is InChI=1S/C22H32/c1-13-19-5-15-3-16(6-19)10-21(13,9-15)22-11-17-4-18(12-22)8-20(7-17)14(22)2/h14-20H,1,3-12H2,2H3/t14?,15-,16+,17-,18+,19?,20?,21?,22?. The topological polar surface area (TPSA) is 0 Å². The first-order valence-corrected chi connectivity index (χ1v) is 10.3. The number of hydrogen-bond acceptors (Lipinski definition) is 0. The van der Waals surface area contributed by atoms with Crippen LogP contribution in [0.3, 0.4) is 0 Å². The molecule has 8 aliphatic carbocycles. The number of allylic oxidation sites excluding steroid dienone is 1. The van der Waals surface area contributed by atoms with Crippen LogP contribution in [-0.4, -0.2) is 0 Å². The first-order chi connectivity index (χ1) is 10.6. The second-order valence-corrected chi connectivity index (χ2v) is 10.7. The molecule has 0 saturated heterocycles. The molecule has 8 rings (SSSR count). The van der Waals surface area contributed by atoms with Gasteiger partial charge in [0.2, 0.25) is 0 Å². The lowest BCUT2D eigenvalue weighted by molar-refractivity contribution is -0.201. The molecule has 22 heavy (non-hydrogen) atoms. The van der Waals surface area contributed by atoms with E-state index in [4.69, 9.17) is 6.58 Å². The van der Waals surface area contributed by atoms with Gasteiger partial charge in [-0.1, -0.05) is 19.1 Å². The summed E-state index contributed by atoms with van der Waals surface area (Å²) in [4.78, 5) is 0. The lowest BCUT2D eigenvalue weighted by atomic mass is 9.32. The third-order valence-electron chi connectivity index (χ3n) is 10.1. The van der Waals surface area contributed by atoms with Crippen molar-refractivity contribution < 1.29 is 0 Å². The molecule has 8 aliphatic rings. The Morgan fingerprint density at radius 1 is 0.773 bits per heavy atom. The number of hydrogen-bond donors (Lipinski definition) is 0. The second kappa shape index (κ2) is 3.86. The van der Waals surface area contributed by atoms with Crippen LogP contribution in [-0.2, 0) is 0 Å². The molecule has 0 radical (unpaired) electrons. The zero-order valence-electron chi connectivity index (χ0n) is 14.3. The Morgan fingerprint density at radius 2 is 1.32 bits per heavy atom. The fourth-order valence-electron chi connectivity index (χ4n) is 9.75. The van der Waals surface area contributed by atoms with Crippen molar-refractivity contribution in [3.63, 3.8) is 0 Å². The Bertz CT molecular complexity index is 514. The average molecular weight is 296 g/mol. The third kappa shape index (κ3) is 1.31. The summed E-state index contributed by atoms with van der Waals surface area (Å²) >= 11 is 0. The molecular formula is C22H32. The smallest absolute Gasteiger partial charge is 0.00235 e. The number of rotatable bonds is 1. The highest BCUT2D eigenvalue weighted by Crippen LogP contribution is 2.77. The van der Waals surface area contributed by atoms with Gasteiger partial charge in [0, 0.05) is 0 Å². The Kier molecular flexibility index (Phi) is 2.30. The minimum atomic E-state index is 0.594. The molecule has 8 bridgehead atoms. The highest BCUT2D eigenvalue weighted by atomic mass is 14.7. The van der Waals surface area contributed by atoms with Crippen molar-refractivity contribution in [1.82, 2.24) is 0 Å². The summed E-state index contributed by atoms with van der Waals surface area (Å²) in [6, 6.07) is 0. The van der Waals surface area contributed by atoms with E-state index in [2.05, 4.69) is 6.92 Å². The summed E-state index contributed by atoms with van der Waals surface area (Å²) in [5.74, 6) is 7.32. The molecule has 0 heterocycles. The van der Waals surface area contributed by atoms with Crippen molar-refractivity contribution in [2.24, 2.45) is 52.3 Å². The lowest BCUT2D eigenvalue weighted by Gasteiger charge is -2.73. The van der Waals surface area contributed by atoms with Gasteiger partial charge in [-0.3, -0.25) is 0 Å². The van der Waals surface area contributed by atoms with E-state index in [1.54, 1.807) is 56.9 Å². The molecule has 0 nitrogen and oxygen atoms in total. The second-order valence-electron chi connectivity index (χ2n) is 10.7. The van der Waals surface area contributed by atoms with E-state index in [-0.39, 0.29) is 0 Å². The molecule has 0 aromatic carbocycles. The van der Waals surface area contributed by atoms with Gasteiger partial charge in [-0.2, -0.15) is 0 Å². The highest BCUT2D eigenvalue weighted by molar-refractivity contribution is 5.31. The maximum Gasteiger partial charge on any atom is -0.00235 e. The summed E-state index contributed by atoms with van der Waals surface area (Å²) in [6.07, 6.45) is 15.6. The quantitative estimate of drug-likeness (QED) is 0.534. The third-order valence-corrected chi connectivity index (χ3v) is 10.1. The SMILES string of the molecule is C=C1C2C[C@@H]3C[C@H](C2)CC1(C12C[C@@H]4CC(C[C@@H](C4)C1)C2C)C3. The molecule has 0 aromatic rings. The van der Waals surface area contributed by atoms with Crippen LogP contribution in [0.1, 0.15) is 71.1 Å². The van der Waals surface area contributed by atoms with E-state index in [9.17, 15) is 0 Å². The van der Waals surface area contributed by atoms with Crippen LogP contribution in [0.25, 0.3) is 0 Å². The normalized spacial score (nSPS) is 64.6. The summed E-state index contributed by atoms with van der Waals surface area (Å²) in [5.41, 5.74) is 3.06. The van der Waals surface area contributed by atoms with Crippen molar-refractivity contribution in [1.29, 1.82) is 0 Å². The molecule has 0 aromatic heterocycles. The highest BCUT2D eigenvalue weighted by Gasteiger charge is 2.68. The summed E-state index contributed by atoms with van der Waals surface area (Å²) in [6.45, 7) is 7.49. The van der Waals surface area contributed by atoms with Gasteiger partial charge in [0.1, 0.15) is 0 Å². The Labute approximate surface area is 136 Å². The maximum atomic E-state index is 4.82. The van der Waals surface area contributed by atoms with Crippen LogP contribution in [0, 0.1) is 52.3 Å². The summed E-state index contributed by atoms with van der Waals surface area (Å²) in [7, 11) is 0. The van der Waals surface area contributed by atoms with Crippen LogP contribution in [0.15, 0.2) is 12.2 Å². The lowest BCUT2D eigenvalue weighted by Crippen LogP contribution is -2.64. The molecule has 9 atom stereocenters. The molecule has 0 aliphatic heterocycles. The summed E-state index contributed by atoms with van der Waals surface area (Å²) < 4.78 is 0. The van der Waals surface area contributed by atoms with Gasteiger partial charge in [-0.15, -0.1) is 0 Å². The van der Waals surface area contributed by atoms with Crippen molar-refractivity contribution in [3.05, 3.63) is 12.2 Å². The maximum absolute atomic E-state index is 4.82. The van der Waals surface area contributed by atoms with E-state index in [0.717, 1.165) is 41.4 Å². The molecule has 5 unspecified atom stereocenters. The van der Waals surface area contributed by atoms with Gasteiger partial charge >= 0.3 is 0 Å². The van der Waals surface area contributed by atoms with E-state index >= 15 is 0 Å². The van der Waals surface area contributed by atoms with Gasteiger partial charge in [0.25, 0.3) is 0 Å².